The number of hydrogen-bond acceptors (Lipinski definition) is 5. The minimum Gasteiger partial charge on any atom is -0.507 e. The van der Waals surface area contributed by atoms with Gasteiger partial charge in [-0.05, 0) is 56.9 Å². The van der Waals surface area contributed by atoms with Crippen LogP contribution < -0.4 is 4.74 Å². The van der Waals surface area contributed by atoms with E-state index in [2.05, 4.69) is 0 Å². The number of halogens is 2. The van der Waals surface area contributed by atoms with E-state index in [4.69, 9.17) is 27.9 Å². The van der Waals surface area contributed by atoms with Gasteiger partial charge < -0.3 is 19.6 Å². The number of amides is 1. The molecular formula is C23H24Cl2N2O4. The second-order valence-corrected chi connectivity index (χ2v) is 8.27. The smallest absolute Gasteiger partial charge is 0.295 e. The van der Waals surface area contributed by atoms with Gasteiger partial charge in [0.25, 0.3) is 11.7 Å². The molecule has 1 amide bonds. The van der Waals surface area contributed by atoms with Crippen LogP contribution in [0.2, 0.25) is 10.0 Å². The summed E-state index contributed by atoms with van der Waals surface area (Å²) in [5, 5.41) is 11.9. The number of nitrogens with zero attached hydrogens (tertiary/aromatic N) is 2. The van der Waals surface area contributed by atoms with Gasteiger partial charge in [0.1, 0.15) is 11.5 Å². The van der Waals surface area contributed by atoms with Gasteiger partial charge in [0.15, 0.2) is 0 Å². The molecule has 1 fully saturated rings. The number of likely N-dealkylation sites (N-methyl/N-ethyl adjacent to an activating group) is 1. The number of ketones is 1. The fraction of sp³-hybridized carbons (Fsp3) is 0.304. The third-order valence-corrected chi connectivity index (χ3v) is 5.60. The number of likely N-dealkylation sites (tertiary alicyclic amines) is 1. The van der Waals surface area contributed by atoms with Crippen molar-refractivity contribution < 1.29 is 19.4 Å². The Morgan fingerprint density at radius 3 is 2.42 bits per heavy atom. The lowest BCUT2D eigenvalue weighted by atomic mass is 9.95. The number of carbonyl (C=O) groups excluding carboxylic acids is 2. The highest BCUT2D eigenvalue weighted by atomic mass is 35.5. The van der Waals surface area contributed by atoms with E-state index in [0.717, 1.165) is 0 Å². The summed E-state index contributed by atoms with van der Waals surface area (Å²) in [5.74, 6) is -1.26. The second-order valence-electron chi connectivity index (χ2n) is 7.42. The molecule has 0 bridgehead atoms. The molecule has 1 unspecified atom stereocenters. The van der Waals surface area contributed by atoms with Crippen molar-refractivity contribution in [3.8, 4) is 5.75 Å². The summed E-state index contributed by atoms with van der Waals surface area (Å²) in [6.45, 7) is 3.14. The van der Waals surface area contributed by atoms with Crippen LogP contribution in [0.1, 0.15) is 24.1 Å². The number of Topliss-reactive ketones (excluding diaryl/α,β-unsaturated/α-hetero) is 1. The lowest BCUT2D eigenvalue weighted by Gasteiger charge is -2.26. The number of carbonyl (C=O) groups is 2. The van der Waals surface area contributed by atoms with Crippen molar-refractivity contribution in [3.05, 3.63) is 69.2 Å². The van der Waals surface area contributed by atoms with Crippen molar-refractivity contribution >= 4 is 40.7 Å². The first kappa shape index (κ1) is 23.1. The molecule has 31 heavy (non-hydrogen) atoms. The van der Waals surface area contributed by atoms with Crippen LogP contribution in [0.5, 0.6) is 5.75 Å². The molecule has 1 heterocycles. The van der Waals surface area contributed by atoms with E-state index < -0.39 is 17.7 Å². The Kier molecular flexibility index (Phi) is 7.26. The molecule has 164 valence electrons. The molecule has 0 aliphatic carbocycles. The van der Waals surface area contributed by atoms with E-state index in [9.17, 15) is 14.7 Å². The third kappa shape index (κ3) is 4.87. The molecule has 2 aromatic carbocycles. The predicted molar refractivity (Wildman–Crippen MR) is 122 cm³/mol. The first-order valence-electron chi connectivity index (χ1n) is 9.86. The average molecular weight is 463 g/mol. The van der Waals surface area contributed by atoms with Crippen LogP contribution in [0.3, 0.4) is 0 Å². The van der Waals surface area contributed by atoms with Crippen LogP contribution in [0.4, 0.5) is 0 Å². The van der Waals surface area contributed by atoms with Gasteiger partial charge in [0.2, 0.25) is 0 Å². The molecule has 0 saturated carbocycles. The van der Waals surface area contributed by atoms with E-state index >= 15 is 0 Å². The van der Waals surface area contributed by atoms with Crippen LogP contribution in [-0.2, 0) is 9.59 Å². The van der Waals surface area contributed by atoms with E-state index in [0.29, 0.717) is 36.0 Å². The van der Waals surface area contributed by atoms with E-state index in [-0.39, 0.29) is 21.9 Å². The Morgan fingerprint density at radius 2 is 1.81 bits per heavy atom. The van der Waals surface area contributed by atoms with Gasteiger partial charge in [-0.15, -0.1) is 0 Å². The Morgan fingerprint density at radius 1 is 1.13 bits per heavy atom. The van der Waals surface area contributed by atoms with Crippen molar-refractivity contribution in [1.29, 1.82) is 0 Å². The SMILES string of the molecule is CCOc1ccc(Cl)c(/C(O)=C2\C(=O)C(=O)N(CCN(C)C)C2c2ccc(Cl)cc2)c1. The van der Waals surface area contributed by atoms with Gasteiger partial charge >= 0.3 is 0 Å². The topological polar surface area (TPSA) is 70.1 Å². The summed E-state index contributed by atoms with van der Waals surface area (Å²) in [4.78, 5) is 29.3. The first-order chi connectivity index (χ1) is 14.7. The van der Waals surface area contributed by atoms with Crippen molar-refractivity contribution in [3.63, 3.8) is 0 Å². The lowest BCUT2D eigenvalue weighted by Crippen LogP contribution is -2.35. The van der Waals surface area contributed by atoms with Crippen molar-refractivity contribution in [1.82, 2.24) is 9.80 Å². The third-order valence-electron chi connectivity index (χ3n) is 5.02. The van der Waals surface area contributed by atoms with E-state index in [1.807, 2.05) is 25.9 Å². The minimum atomic E-state index is -0.760. The largest absolute Gasteiger partial charge is 0.507 e. The monoisotopic (exact) mass is 462 g/mol. The molecular weight excluding hydrogens is 439 g/mol. The number of aliphatic hydroxyl groups excluding tert-OH is 1. The van der Waals surface area contributed by atoms with Crippen molar-refractivity contribution in [2.75, 3.05) is 33.8 Å². The molecule has 1 aliphatic rings. The van der Waals surface area contributed by atoms with Gasteiger partial charge in [0.05, 0.1) is 23.2 Å². The number of hydrogen-bond donors (Lipinski definition) is 1. The summed E-state index contributed by atoms with van der Waals surface area (Å²) < 4.78 is 5.50. The molecule has 1 N–H and O–H groups in total. The molecule has 3 rings (SSSR count). The minimum absolute atomic E-state index is 0.0124. The van der Waals surface area contributed by atoms with Crippen LogP contribution in [0, 0.1) is 0 Å². The number of rotatable bonds is 7. The molecule has 0 aromatic heterocycles. The van der Waals surface area contributed by atoms with Gasteiger partial charge in [-0.2, -0.15) is 0 Å². The van der Waals surface area contributed by atoms with Crippen molar-refractivity contribution in [2.24, 2.45) is 0 Å². The Labute approximate surface area is 191 Å². The van der Waals surface area contributed by atoms with Crippen LogP contribution >= 0.6 is 23.2 Å². The van der Waals surface area contributed by atoms with Crippen LogP contribution in [-0.4, -0.2) is 60.4 Å². The van der Waals surface area contributed by atoms with Gasteiger partial charge in [0, 0.05) is 23.7 Å². The second kappa shape index (κ2) is 9.73. The normalized spacial score (nSPS) is 18.1. The molecule has 8 heteroatoms. The Balaban J connectivity index is 2.17. The highest BCUT2D eigenvalue weighted by Gasteiger charge is 2.46. The highest BCUT2D eigenvalue weighted by molar-refractivity contribution is 6.47. The molecule has 1 aliphatic heterocycles. The zero-order valence-corrected chi connectivity index (χ0v) is 19.1. The van der Waals surface area contributed by atoms with E-state index in [1.165, 1.54) is 4.90 Å². The molecule has 2 aromatic rings. The van der Waals surface area contributed by atoms with Gasteiger partial charge in [-0.1, -0.05) is 35.3 Å². The quantitative estimate of drug-likeness (QED) is 0.375. The number of benzene rings is 2. The summed E-state index contributed by atoms with van der Waals surface area (Å²) in [7, 11) is 3.76. The highest BCUT2D eigenvalue weighted by Crippen LogP contribution is 2.41. The van der Waals surface area contributed by atoms with Gasteiger partial charge in [-0.25, -0.2) is 0 Å². The summed E-state index contributed by atoms with van der Waals surface area (Å²) >= 11 is 12.4. The maximum atomic E-state index is 13.0. The first-order valence-corrected chi connectivity index (χ1v) is 10.6. The maximum Gasteiger partial charge on any atom is 0.295 e. The molecule has 1 saturated heterocycles. The van der Waals surface area contributed by atoms with E-state index in [1.54, 1.807) is 42.5 Å². The zero-order chi connectivity index (χ0) is 22.7. The number of aliphatic hydroxyl groups is 1. The summed E-state index contributed by atoms with van der Waals surface area (Å²) in [6, 6.07) is 10.9. The molecule has 1 atom stereocenters. The van der Waals surface area contributed by atoms with Crippen molar-refractivity contribution in [2.45, 2.75) is 13.0 Å². The summed E-state index contributed by atoms with van der Waals surface area (Å²) in [5.41, 5.74) is 0.889. The fourth-order valence-electron chi connectivity index (χ4n) is 3.50. The standard InChI is InChI=1S/C23H24Cl2N2O4/c1-4-31-16-9-10-18(25)17(13-16)21(28)19-20(14-5-7-15(24)8-6-14)27(12-11-26(2)3)23(30)22(19)29/h5-10,13,20,28H,4,11-12H2,1-3H3/b21-19+. The molecule has 0 radical (unpaired) electrons. The Hall–Kier alpha value is -2.54. The predicted octanol–water partition coefficient (Wildman–Crippen LogP) is 4.38. The molecule has 0 spiro atoms. The van der Waals surface area contributed by atoms with Crippen LogP contribution in [0.15, 0.2) is 48.0 Å². The maximum absolute atomic E-state index is 13.0. The lowest BCUT2D eigenvalue weighted by molar-refractivity contribution is -0.140. The fourth-order valence-corrected chi connectivity index (χ4v) is 3.83. The average Bonchev–Trinajstić information content (AvgIpc) is 2.98. The van der Waals surface area contributed by atoms with Gasteiger partial charge in [-0.3, -0.25) is 9.59 Å². The zero-order valence-electron chi connectivity index (χ0n) is 17.6. The summed E-state index contributed by atoms with van der Waals surface area (Å²) in [6.07, 6.45) is 0. The number of ether oxygens (including phenoxy) is 1. The van der Waals surface area contributed by atoms with Crippen LogP contribution in [0.25, 0.3) is 5.76 Å². The molecule has 6 nitrogen and oxygen atoms in total. The Bertz CT molecular complexity index is 1020.